The zero-order chi connectivity index (χ0) is 9.42. The summed E-state index contributed by atoms with van der Waals surface area (Å²) in [6.07, 6.45) is 1.58. The van der Waals surface area contributed by atoms with Gasteiger partial charge in [0.15, 0.2) is 0 Å². The van der Waals surface area contributed by atoms with Crippen LogP contribution in [0.5, 0.6) is 0 Å². The lowest BCUT2D eigenvalue weighted by Crippen LogP contribution is -2.10. The van der Waals surface area contributed by atoms with E-state index < -0.39 is 5.91 Å². The second-order valence-corrected chi connectivity index (χ2v) is 3.37. The normalized spacial score (nSPS) is 10.5. The maximum Gasteiger partial charge on any atom is 0.251 e. The van der Waals surface area contributed by atoms with Crippen molar-refractivity contribution in [3.05, 3.63) is 17.1 Å². The highest BCUT2D eigenvalue weighted by molar-refractivity contribution is 7.17. The number of carbonyl (C=O) groups is 1. The van der Waals surface area contributed by atoms with Crippen molar-refractivity contribution in [3.63, 3.8) is 0 Å². The zero-order valence-corrected chi connectivity index (χ0v) is 7.34. The molecule has 6 heteroatoms. The Morgan fingerprint density at radius 2 is 2.31 bits per heavy atom. The molecule has 2 heterocycles. The van der Waals surface area contributed by atoms with E-state index in [9.17, 15) is 4.79 Å². The number of amides is 1. The molecule has 2 aromatic rings. The molecule has 4 N–H and O–H groups in total. The fraction of sp³-hybridized carbons (Fsp3) is 0. The summed E-state index contributed by atoms with van der Waals surface area (Å²) in [5, 5.41) is 1.65. The van der Waals surface area contributed by atoms with Crippen molar-refractivity contribution in [3.8, 4) is 0 Å². The highest BCUT2D eigenvalue weighted by atomic mass is 32.1. The summed E-state index contributed by atoms with van der Waals surface area (Å²) in [4.78, 5) is 18.7. The number of nitrogen functional groups attached to an aromatic ring is 1. The molecule has 0 aliphatic heterocycles. The van der Waals surface area contributed by atoms with Gasteiger partial charge in [-0.05, 0) is 0 Å². The van der Waals surface area contributed by atoms with Crippen LogP contribution < -0.4 is 11.5 Å². The monoisotopic (exact) mass is 194 g/mol. The van der Waals surface area contributed by atoms with Crippen LogP contribution in [0.4, 0.5) is 5.95 Å². The number of aromatic nitrogens is 2. The molecule has 0 aliphatic carbocycles. The van der Waals surface area contributed by atoms with E-state index >= 15 is 0 Å². The zero-order valence-electron chi connectivity index (χ0n) is 6.52. The molecular weight excluding hydrogens is 188 g/mol. The van der Waals surface area contributed by atoms with E-state index in [1.165, 1.54) is 11.3 Å². The molecule has 0 bridgehead atoms. The van der Waals surface area contributed by atoms with E-state index in [1.54, 1.807) is 11.6 Å². The molecule has 13 heavy (non-hydrogen) atoms. The lowest BCUT2D eigenvalue weighted by molar-refractivity contribution is 0.100. The van der Waals surface area contributed by atoms with Gasteiger partial charge in [-0.1, -0.05) is 0 Å². The van der Waals surface area contributed by atoms with Crippen molar-refractivity contribution in [2.45, 2.75) is 0 Å². The van der Waals surface area contributed by atoms with Crippen LogP contribution in [0.25, 0.3) is 10.2 Å². The summed E-state index contributed by atoms with van der Waals surface area (Å²) < 4.78 is 0.808. The second kappa shape index (κ2) is 2.67. The van der Waals surface area contributed by atoms with Crippen molar-refractivity contribution in [2.24, 2.45) is 5.73 Å². The minimum atomic E-state index is -0.496. The molecular formula is C7H6N4OS. The maximum absolute atomic E-state index is 10.9. The van der Waals surface area contributed by atoms with Gasteiger partial charge in [-0.15, -0.1) is 11.3 Å². The van der Waals surface area contributed by atoms with E-state index in [4.69, 9.17) is 11.5 Å². The Morgan fingerprint density at radius 1 is 1.54 bits per heavy atom. The van der Waals surface area contributed by atoms with Crippen LogP contribution in [0.15, 0.2) is 11.6 Å². The Kier molecular flexibility index (Phi) is 1.63. The van der Waals surface area contributed by atoms with Crippen LogP contribution in [0.3, 0.4) is 0 Å². The first-order valence-corrected chi connectivity index (χ1v) is 4.36. The summed E-state index contributed by atoms with van der Waals surface area (Å²) in [7, 11) is 0. The summed E-state index contributed by atoms with van der Waals surface area (Å²) >= 11 is 1.37. The average molecular weight is 194 g/mol. The molecule has 0 saturated heterocycles. The molecule has 5 nitrogen and oxygen atoms in total. The fourth-order valence-corrected chi connectivity index (χ4v) is 1.87. The standard InChI is InChI=1S/C7H6N4OS/c8-6(12)3-2-13-4-1-10-7(9)11-5(3)4/h1-2H,(H2,8,12)(H2,9,10,11). The van der Waals surface area contributed by atoms with Crippen LogP contribution in [-0.2, 0) is 0 Å². The van der Waals surface area contributed by atoms with E-state index in [2.05, 4.69) is 9.97 Å². The minimum absolute atomic E-state index is 0.147. The molecule has 0 radical (unpaired) electrons. The predicted molar refractivity (Wildman–Crippen MR) is 50.3 cm³/mol. The maximum atomic E-state index is 10.9. The van der Waals surface area contributed by atoms with Gasteiger partial charge in [-0.3, -0.25) is 4.79 Å². The minimum Gasteiger partial charge on any atom is -0.368 e. The third-order valence-corrected chi connectivity index (χ3v) is 2.50. The van der Waals surface area contributed by atoms with Crippen molar-refractivity contribution < 1.29 is 4.79 Å². The predicted octanol–water partition coefficient (Wildman–Crippen LogP) is 0.372. The lowest BCUT2D eigenvalue weighted by Gasteiger charge is -1.93. The number of carbonyl (C=O) groups excluding carboxylic acids is 1. The first-order valence-electron chi connectivity index (χ1n) is 3.48. The van der Waals surface area contributed by atoms with Crippen molar-refractivity contribution in [2.75, 3.05) is 5.73 Å². The molecule has 0 fully saturated rings. The largest absolute Gasteiger partial charge is 0.368 e. The molecule has 0 spiro atoms. The summed E-state index contributed by atoms with van der Waals surface area (Å²) in [5.74, 6) is -0.349. The van der Waals surface area contributed by atoms with Crippen LogP contribution in [0.1, 0.15) is 10.4 Å². The lowest BCUT2D eigenvalue weighted by atomic mass is 10.3. The molecule has 66 valence electrons. The van der Waals surface area contributed by atoms with Crippen LogP contribution in [0, 0.1) is 0 Å². The molecule has 0 aliphatic rings. The number of hydrogen-bond acceptors (Lipinski definition) is 5. The first kappa shape index (κ1) is 7.93. The van der Waals surface area contributed by atoms with Gasteiger partial charge in [0, 0.05) is 5.38 Å². The summed E-state index contributed by atoms with van der Waals surface area (Å²) in [5.41, 5.74) is 11.5. The van der Waals surface area contributed by atoms with Gasteiger partial charge in [0.25, 0.3) is 5.91 Å². The molecule has 0 atom stereocenters. The quantitative estimate of drug-likeness (QED) is 0.685. The van der Waals surface area contributed by atoms with E-state index in [0.29, 0.717) is 11.1 Å². The Bertz CT molecular complexity index is 478. The number of nitrogens with zero attached hydrogens (tertiary/aromatic N) is 2. The van der Waals surface area contributed by atoms with Gasteiger partial charge in [-0.25, -0.2) is 9.97 Å². The highest BCUT2D eigenvalue weighted by Gasteiger charge is 2.10. The number of primary amides is 1. The highest BCUT2D eigenvalue weighted by Crippen LogP contribution is 2.23. The molecule has 1 amide bonds. The number of anilines is 1. The summed E-state index contributed by atoms with van der Waals surface area (Å²) in [6, 6.07) is 0. The Hall–Kier alpha value is -1.69. The molecule has 0 saturated carbocycles. The van der Waals surface area contributed by atoms with Crippen LogP contribution in [0.2, 0.25) is 0 Å². The fourth-order valence-electron chi connectivity index (χ4n) is 1.02. The summed E-state index contributed by atoms with van der Waals surface area (Å²) in [6.45, 7) is 0. The van der Waals surface area contributed by atoms with E-state index in [1.807, 2.05) is 0 Å². The Morgan fingerprint density at radius 3 is 3.00 bits per heavy atom. The average Bonchev–Trinajstić information content (AvgIpc) is 2.46. The van der Waals surface area contributed by atoms with Gasteiger partial charge in [0.2, 0.25) is 5.95 Å². The number of fused-ring (bicyclic) bond motifs is 1. The topological polar surface area (TPSA) is 94.9 Å². The molecule has 0 unspecified atom stereocenters. The van der Waals surface area contributed by atoms with Gasteiger partial charge >= 0.3 is 0 Å². The van der Waals surface area contributed by atoms with Gasteiger partial charge in [-0.2, -0.15) is 0 Å². The third kappa shape index (κ3) is 1.20. The first-order chi connectivity index (χ1) is 6.18. The number of rotatable bonds is 1. The Balaban J connectivity index is 2.79. The molecule has 2 rings (SSSR count). The van der Waals surface area contributed by atoms with Crippen LogP contribution >= 0.6 is 11.3 Å². The SMILES string of the molecule is NC(=O)c1csc2cnc(N)nc12. The number of hydrogen-bond donors (Lipinski definition) is 2. The smallest absolute Gasteiger partial charge is 0.251 e. The third-order valence-electron chi connectivity index (χ3n) is 1.60. The van der Waals surface area contributed by atoms with E-state index in [-0.39, 0.29) is 5.95 Å². The molecule has 0 aromatic carbocycles. The number of thiophene rings is 1. The molecule has 2 aromatic heterocycles. The van der Waals surface area contributed by atoms with Crippen molar-refractivity contribution in [1.29, 1.82) is 0 Å². The van der Waals surface area contributed by atoms with Gasteiger partial charge in [0.1, 0.15) is 0 Å². The van der Waals surface area contributed by atoms with Crippen molar-refractivity contribution in [1.82, 2.24) is 9.97 Å². The Labute approximate surface area is 77.4 Å². The number of nitrogens with two attached hydrogens (primary N) is 2. The van der Waals surface area contributed by atoms with Gasteiger partial charge < -0.3 is 11.5 Å². The van der Waals surface area contributed by atoms with Crippen LogP contribution in [-0.4, -0.2) is 15.9 Å². The van der Waals surface area contributed by atoms with E-state index in [0.717, 1.165) is 4.70 Å². The second-order valence-electron chi connectivity index (χ2n) is 2.45. The van der Waals surface area contributed by atoms with Gasteiger partial charge in [0.05, 0.1) is 22.0 Å². The van der Waals surface area contributed by atoms with Crippen molar-refractivity contribution >= 4 is 33.4 Å².